The van der Waals surface area contributed by atoms with Crippen molar-refractivity contribution in [1.82, 2.24) is 10.2 Å². The SMILES string of the molecule is CC(O)C1CCCN(C(=O)NCc2cc3ccccc3o2)C1. The Hall–Kier alpha value is -2.01. The first kappa shape index (κ1) is 14.9. The van der Waals surface area contributed by atoms with Crippen molar-refractivity contribution in [1.29, 1.82) is 0 Å². The van der Waals surface area contributed by atoms with Gasteiger partial charge in [-0.05, 0) is 31.9 Å². The molecular weight excluding hydrogens is 280 g/mol. The summed E-state index contributed by atoms with van der Waals surface area (Å²) in [7, 11) is 0. The van der Waals surface area contributed by atoms with E-state index >= 15 is 0 Å². The number of carbonyl (C=O) groups is 1. The molecule has 118 valence electrons. The maximum Gasteiger partial charge on any atom is 0.317 e. The Morgan fingerprint density at radius 2 is 2.32 bits per heavy atom. The molecule has 5 heteroatoms. The van der Waals surface area contributed by atoms with Crippen LogP contribution in [0.4, 0.5) is 4.79 Å². The molecular formula is C17H22N2O3. The minimum absolute atomic E-state index is 0.0918. The molecule has 2 aromatic rings. The van der Waals surface area contributed by atoms with Crippen molar-refractivity contribution in [3.05, 3.63) is 36.1 Å². The largest absolute Gasteiger partial charge is 0.459 e. The molecule has 1 aliphatic heterocycles. The molecule has 3 rings (SSSR count). The number of para-hydroxylation sites is 1. The predicted octanol–water partition coefficient (Wildman–Crippen LogP) is 2.74. The molecule has 1 aromatic carbocycles. The van der Waals surface area contributed by atoms with Crippen LogP contribution in [0.1, 0.15) is 25.5 Å². The zero-order valence-corrected chi connectivity index (χ0v) is 12.8. The standard InChI is InChI=1S/C17H22N2O3/c1-12(20)14-6-4-8-19(11-14)17(21)18-10-15-9-13-5-2-3-7-16(13)22-15/h2-3,5,7,9,12,14,20H,4,6,8,10-11H2,1H3,(H,18,21). The van der Waals surface area contributed by atoms with E-state index in [4.69, 9.17) is 4.42 Å². The van der Waals surface area contributed by atoms with E-state index in [9.17, 15) is 9.90 Å². The topological polar surface area (TPSA) is 65.7 Å². The number of amides is 2. The van der Waals surface area contributed by atoms with Gasteiger partial charge in [-0.1, -0.05) is 18.2 Å². The number of hydrogen-bond acceptors (Lipinski definition) is 3. The van der Waals surface area contributed by atoms with E-state index in [1.807, 2.05) is 30.3 Å². The Morgan fingerprint density at radius 3 is 3.09 bits per heavy atom. The lowest BCUT2D eigenvalue weighted by Crippen LogP contribution is -2.47. The zero-order valence-electron chi connectivity index (χ0n) is 12.8. The lowest BCUT2D eigenvalue weighted by atomic mass is 9.94. The van der Waals surface area contributed by atoms with Gasteiger partial charge in [-0.15, -0.1) is 0 Å². The second-order valence-electron chi connectivity index (χ2n) is 6.00. The molecule has 0 saturated carbocycles. The summed E-state index contributed by atoms with van der Waals surface area (Å²) in [5, 5.41) is 13.6. The van der Waals surface area contributed by atoms with Crippen LogP contribution in [-0.4, -0.2) is 35.2 Å². The summed E-state index contributed by atoms with van der Waals surface area (Å²) in [4.78, 5) is 14.0. The molecule has 0 radical (unpaired) electrons. The molecule has 2 amide bonds. The Balaban J connectivity index is 1.57. The number of furan rings is 1. The summed E-state index contributed by atoms with van der Waals surface area (Å²) in [6.45, 7) is 3.53. The van der Waals surface area contributed by atoms with E-state index in [0.717, 1.165) is 36.1 Å². The number of likely N-dealkylation sites (tertiary alicyclic amines) is 1. The molecule has 1 fully saturated rings. The highest BCUT2D eigenvalue weighted by Crippen LogP contribution is 2.21. The average Bonchev–Trinajstić information content (AvgIpc) is 2.95. The highest BCUT2D eigenvalue weighted by Gasteiger charge is 2.26. The van der Waals surface area contributed by atoms with Crippen molar-refractivity contribution in [2.45, 2.75) is 32.4 Å². The van der Waals surface area contributed by atoms with Crippen LogP contribution in [0.15, 0.2) is 34.7 Å². The highest BCUT2D eigenvalue weighted by atomic mass is 16.3. The summed E-state index contributed by atoms with van der Waals surface area (Å²) < 4.78 is 5.69. The Labute approximate surface area is 129 Å². The quantitative estimate of drug-likeness (QED) is 0.916. The van der Waals surface area contributed by atoms with Gasteiger partial charge in [0.25, 0.3) is 0 Å². The summed E-state index contributed by atoms with van der Waals surface area (Å²) in [5.41, 5.74) is 0.832. The van der Waals surface area contributed by atoms with E-state index in [1.165, 1.54) is 0 Å². The predicted molar refractivity (Wildman–Crippen MR) is 84.4 cm³/mol. The van der Waals surface area contributed by atoms with Crippen molar-refractivity contribution < 1.29 is 14.3 Å². The number of hydrogen-bond donors (Lipinski definition) is 2. The molecule has 5 nitrogen and oxygen atoms in total. The van der Waals surface area contributed by atoms with E-state index in [1.54, 1.807) is 11.8 Å². The van der Waals surface area contributed by atoms with Crippen LogP contribution in [0, 0.1) is 5.92 Å². The Kier molecular flexibility index (Phi) is 4.34. The van der Waals surface area contributed by atoms with Crippen molar-refractivity contribution in [2.75, 3.05) is 13.1 Å². The maximum atomic E-state index is 12.2. The number of piperidine rings is 1. The maximum absolute atomic E-state index is 12.2. The van der Waals surface area contributed by atoms with Crippen LogP contribution in [0.25, 0.3) is 11.0 Å². The summed E-state index contributed by atoms with van der Waals surface area (Å²) >= 11 is 0. The number of rotatable bonds is 3. The van der Waals surface area contributed by atoms with E-state index in [-0.39, 0.29) is 18.1 Å². The van der Waals surface area contributed by atoms with Crippen LogP contribution < -0.4 is 5.32 Å². The lowest BCUT2D eigenvalue weighted by Gasteiger charge is -2.34. The zero-order chi connectivity index (χ0) is 15.5. The average molecular weight is 302 g/mol. The minimum atomic E-state index is -0.369. The van der Waals surface area contributed by atoms with E-state index in [2.05, 4.69) is 5.32 Å². The normalized spacial score (nSPS) is 20.1. The number of benzene rings is 1. The third-order valence-corrected chi connectivity index (χ3v) is 4.32. The number of aliphatic hydroxyl groups is 1. The first-order valence-electron chi connectivity index (χ1n) is 7.82. The summed E-state index contributed by atoms with van der Waals surface area (Å²) in [6.07, 6.45) is 1.55. The summed E-state index contributed by atoms with van der Waals surface area (Å²) in [5.74, 6) is 0.921. The van der Waals surface area contributed by atoms with Gasteiger partial charge in [0.05, 0.1) is 12.6 Å². The van der Waals surface area contributed by atoms with Gasteiger partial charge >= 0.3 is 6.03 Å². The number of urea groups is 1. The smallest absolute Gasteiger partial charge is 0.317 e. The molecule has 2 unspecified atom stereocenters. The van der Waals surface area contributed by atoms with Gasteiger partial charge in [-0.3, -0.25) is 0 Å². The first-order chi connectivity index (χ1) is 10.6. The van der Waals surface area contributed by atoms with Crippen LogP contribution in [-0.2, 0) is 6.54 Å². The van der Waals surface area contributed by atoms with Crippen molar-refractivity contribution in [2.24, 2.45) is 5.92 Å². The fourth-order valence-corrected chi connectivity index (χ4v) is 2.99. The van der Waals surface area contributed by atoms with Gasteiger partial charge in [0, 0.05) is 24.4 Å². The number of aliphatic hydroxyl groups excluding tert-OH is 1. The van der Waals surface area contributed by atoms with Gasteiger partial charge in [-0.2, -0.15) is 0 Å². The second kappa shape index (κ2) is 6.40. The number of nitrogens with zero attached hydrogens (tertiary/aromatic N) is 1. The highest BCUT2D eigenvalue weighted by molar-refractivity contribution is 5.78. The van der Waals surface area contributed by atoms with Crippen LogP contribution >= 0.6 is 0 Å². The van der Waals surface area contributed by atoms with Gasteiger partial charge in [0.2, 0.25) is 0 Å². The molecule has 1 saturated heterocycles. The fourth-order valence-electron chi connectivity index (χ4n) is 2.99. The van der Waals surface area contributed by atoms with Gasteiger partial charge in [0.1, 0.15) is 11.3 Å². The molecule has 0 aliphatic carbocycles. The van der Waals surface area contributed by atoms with Gasteiger partial charge in [-0.25, -0.2) is 4.79 Å². The van der Waals surface area contributed by atoms with Crippen molar-refractivity contribution in [3.63, 3.8) is 0 Å². The Morgan fingerprint density at radius 1 is 1.50 bits per heavy atom. The third kappa shape index (κ3) is 3.25. The molecule has 2 heterocycles. The van der Waals surface area contributed by atoms with Crippen LogP contribution in [0.3, 0.4) is 0 Å². The van der Waals surface area contributed by atoms with Gasteiger partial charge in [0.15, 0.2) is 0 Å². The number of nitrogens with one attached hydrogen (secondary N) is 1. The summed E-state index contributed by atoms with van der Waals surface area (Å²) in [6, 6.07) is 9.65. The lowest BCUT2D eigenvalue weighted by molar-refractivity contribution is 0.0737. The molecule has 1 aliphatic rings. The van der Waals surface area contributed by atoms with E-state index < -0.39 is 0 Å². The van der Waals surface area contributed by atoms with Gasteiger partial charge < -0.3 is 19.7 Å². The molecule has 2 atom stereocenters. The number of carbonyl (C=O) groups excluding carboxylic acids is 1. The number of fused-ring (bicyclic) bond motifs is 1. The molecule has 1 aromatic heterocycles. The minimum Gasteiger partial charge on any atom is -0.459 e. The fraction of sp³-hybridized carbons (Fsp3) is 0.471. The Bertz CT molecular complexity index is 617. The molecule has 22 heavy (non-hydrogen) atoms. The molecule has 0 spiro atoms. The van der Waals surface area contributed by atoms with Crippen molar-refractivity contribution >= 4 is 17.0 Å². The first-order valence-corrected chi connectivity index (χ1v) is 7.82. The monoisotopic (exact) mass is 302 g/mol. The van der Waals surface area contributed by atoms with Crippen LogP contribution in [0.2, 0.25) is 0 Å². The molecule has 2 N–H and O–H groups in total. The molecule has 0 bridgehead atoms. The third-order valence-electron chi connectivity index (χ3n) is 4.32. The van der Waals surface area contributed by atoms with Crippen molar-refractivity contribution in [3.8, 4) is 0 Å². The second-order valence-corrected chi connectivity index (χ2v) is 6.00. The van der Waals surface area contributed by atoms with E-state index in [0.29, 0.717) is 13.1 Å². The van der Waals surface area contributed by atoms with Crippen LogP contribution in [0.5, 0.6) is 0 Å².